The maximum absolute atomic E-state index is 13.9. The number of hydrogen-bond acceptors (Lipinski definition) is 0. The Bertz CT molecular complexity index is 451. The average molecular weight is 359 g/mol. The van der Waals surface area contributed by atoms with Crippen molar-refractivity contribution in [3.63, 3.8) is 0 Å². The van der Waals surface area contributed by atoms with Crippen LogP contribution in [-0.2, 0) is 6.42 Å². The summed E-state index contributed by atoms with van der Waals surface area (Å²) in [5.41, 5.74) is 0.796. The monoisotopic (exact) mass is 358 g/mol. The molecule has 0 bridgehead atoms. The van der Waals surface area contributed by atoms with E-state index in [0.717, 1.165) is 30.2 Å². The van der Waals surface area contributed by atoms with Crippen LogP contribution in [0.4, 0.5) is 8.78 Å². The molecule has 1 aromatic rings. The lowest BCUT2D eigenvalue weighted by Gasteiger charge is -2.39. The van der Waals surface area contributed by atoms with Gasteiger partial charge in [-0.05, 0) is 55.1 Å². The normalized spacial score (nSPS) is 26.0. The number of hydrogen-bond donors (Lipinski definition) is 0. The van der Waals surface area contributed by atoms with E-state index in [1.807, 2.05) is 0 Å². The molecule has 0 aliphatic heterocycles. The zero-order chi connectivity index (χ0) is 15.3. The van der Waals surface area contributed by atoms with E-state index in [0.29, 0.717) is 12.0 Å². The molecular weight excluding hydrogens is 334 g/mol. The molecule has 0 saturated heterocycles. The molecule has 0 atom stereocenters. The van der Waals surface area contributed by atoms with Gasteiger partial charge in [-0.3, -0.25) is 0 Å². The highest BCUT2D eigenvalue weighted by atomic mass is 79.9. The van der Waals surface area contributed by atoms with Crippen LogP contribution < -0.4 is 0 Å². The Balaban J connectivity index is 1.99. The second-order valence-electron chi connectivity index (χ2n) is 6.63. The molecular formula is C18H25BrF2. The van der Waals surface area contributed by atoms with Crippen LogP contribution in [0.1, 0.15) is 57.4 Å². The van der Waals surface area contributed by atoms with Crippen LogP contribution >= 0.6 is 15.9 Å². The van der Waals surface area contributed by atoms with Crippen molar-refractivity contribution in [2.45, 2.75) is 58.3 Å². The van der Waals surface area contributed by atoms with E-state index in [1.54, 1.807) is 6.07 Å². The Kier molecular flexibility index (Phi) is 6.21. The molecule has 1 aliphatic rings. The standard InChI is InChI=1S/C18H25BrF2/c1-2-3-4-14-7-9-18(13-19,10-8-14)12-15-5-6-16(20)11-17(15)21/h5-6,11,14H,2-4,7-10,12-13H2,1H3. The molecule has 1 fully saturated rings. The van der Waals surface area contributed by atoms with Crippen molar-refractivity contribution in [2.75, 3.05) is 5.33 Å². The van der Waals surface area contributed by atoms with Gasteiger partial charge in [0.1, 0.15) is 11.6 Å². The lowest BCUT2D eigenvalue weighted by Crippen LogP contribution is -2.31. The molecule has 0 aromatic heterocycles. The number of alkyl halides is 1. The fourth-order valence-electron chi connectivity index (χ4n) is 3.50. The van der Waals surface area contributed by atoms with Crippen LogP contribution in [0.5, 0.6) is 0 Å². The molecule has 2 rings (SSSR count). The van der Waals surface area contributed by atoms with Gasteiger partial charge in [0.05, 0.1) is 0 Å². The van der Waals surface area contributed by atoms with Crippen molar-refractivity contribution in [1.29, 1.82) is 0 Å². The van der Waals surface area contributed by atoms with Crippen molar-refractivity contribution >= 4 is 15.9 Å². The zero-order valence-corrected chi connectivity index (χ0v) is 14.4. The lowest BCUT2D eigenvalue weighted by molar-refractivity contribution is 0.167. The Labute approximate surface area is 135 Å². The summed E-state index contributed by atoms with van der Waals surface area (Å²) in [7, 11) is 0. The van der Waals surface area contributed by atoms with Gasteiger partial charge in [-0.25, -0.2) is 8.78 Å². The van der Waals surface area contributed by atoms with Gasteiger partial charge in [0.25, 0.3) is 0 Å². The molecule has 3 heteroatoms. The molecule has 1 saturated carbocycles. The molecule has 1 aliphatic carbocycles. The summed E-state index contributed by atoms with van der Waals surface area (Å²) in [5.74, 6) is -0.0500. The van der Waals surface area contributed by atoms with Gasteiger partial charge in [-0.15, -0.1) is 0 Å². The fourth-order valence-corrected chi connectivity index (χ4v) is 4.26. The Morgan fingerprint density at radius 1 is 1.24 bits per heavy atom. The first-order chi connectivity index (χ1) is 10.1. The van der Waals surface area contributed by atoms with E-state index >= 15 is 0 Å². The molecule has 0 nitrogen and oxygen atoms in total. The third kappa shape index (κ3) is 4.51. The van der Waals surface area contributed by atoms with Gasteiger partial charge in [-0.2, -0.15) is 0 Å². The minimum atomic E-state index is -0.493. The van der Waals surface area contributed by atoms with E-state index in [4.69, 9.17) is 0 Å². The Morgan fingerprint density at radius 2 is 1.95 bits per heavy atom. The van der Waals surface area contributed by atoms with E-state index < -0.39 is 11.6 Å². The van der Waals surface area contributed by atoms with Crippen molar-refractivity contribution in [2.24, 2.45) is 11.3 Å². The minimum Gasteiger partial charge on any atom is -0.207 e. The molecule has 0 N–H and O–H groups in total. The molecule has 0 heterocycles. The van der Waals surface area contributed by atoms with Gasteiger partial charge in [0, 0.05) is 11.4 Å². The third-order valence-electron chi connectivity index (χ3n) is 5.00. The van der Waals surface area contributed by atoms with Crippen LogP contribution in [0.15, 0.2) is 18.2 Å². The number of benzene rings is 1. The Morgan fingerprint density at radius 3 is 2.52 bits per heavy atom. The van der Waals surface area contributed by atoms with Gasteiger partial charge < -0.3 is 0 Å². The fraction of sp³-hybridized carbons (Fsp3) is 0.667. The second-order valence-corrected chi connectivity index (χ2v) is 7.19. The number of halogens is 3. The summed E-state index contributed by atoms with van der Waals surface area (Å²) in [5, 5.41) is 0.900. The topological polar surface area (TPSA) is 0 Å². The average Bonchev–Trinajstić information content (AvgIpc) is 2.49. The molecule has 0 amide bonds. The molecule has 118 valence electrons. The summed E-state index contributed by atoms with van der Waals surface area (Å²) in [6, 6.07) is 3.98. The van der Waals surface area contributed by atoms with Crippen molar-refractivity contribution in [3.05, 3.63) is 35.4 Å². The first-order valence-electron chi connectivity index (χ1n) is 8.08. The van der Waals surface area contributed by atoms with Crippen LogP contribution in [0.25, 0.3) is 0 Å². The molecule has 0 radical (unpaired) electrons. The highest BCUT2D eigenvalue weighted by Gasteiger charge is 2.35. The van der Waals surface area contributed by atoms with Crippen LogP contribution in [0, 0.1) is 23.0 Å². The first kappa shape index (κ1) is 16.9. The summed E-state index contributed by atoms with van der Waals surface area (Å²) < 4.78 is 26.9. The SMILES string of the molecule is CCCCC1CCC(CBr)(Cc2ccc(F)cc2F)CC1. The predicted molar refractivity (Wildman–Crippen MR) is 87.8 cm³/mol. The van der Waals surface area contributed by atoms with Crippen molar-refractivity contribution in [1.82, 2.24) is 0 Å². The van der Waals surface area contributed by atoms with Gasteiger partial charge in [-0.1, -0.05) is 48.2 Å². The molecule has 1 aromatic carbocycles. The summed E-state index contributed by atoms with van der Waals surface area (Å²) in [6.07, 6.45) is 9.40. The van der Waals surface area contributed by atoms with E-state index in [-0.39, 0.29) is 5.41 Å². The van der Waals surface area contributed by atoms with Crippen LogP contribution in [0.3, 0.4) is 0 Å². The predicted octanol–water partition coefficient (Wildman–Crippen LogP) is 6.27. The maximum atomic E-state index is 13.9. The molecule has 0 unspecified atom stereocenters. The van der Waals surface area contributed by atoms with Gasteiger partial charge >= 0.3 is 0 Å². The van der Waals surface area contributed by atoms with Gasteiger partial charge in [0.15, 0.2) is 0 Å². The molecule has 21 heavy (non-hydrogen) atoms. The van der Waals surface area contributed by atoms with Crippen LogP contribution in [0.2, 0.25) is 0 Å². The van der Waals surface area contributed by atoms with Crippen LogP contribution in [-0.4, -0.2) is 5.33 Å². The van der Waals surface area contributed by atoms with E-state index in [9.17, 15) is 8.78 Å². The highest BCUT2D eigenvalue weighted by molar-refractivity contribution is 9.09. The maximum Gasteiger partial charge on any atom is 0.129 e. The summed E-state index contributed by atoms with van der Waals surface area (Å²) in [4.78, 5) is 0. The van der Waals surface area contributed by atoms with Crippen molar-refractivity contribution < 1.29 is 8.78 Å². The third-order valence-corrected chi connectivity index (χ3v) is 6.19. The van der Waals surface area contributed by atoms with Gasteiger partial charge in [0.2, 0.25) is 0 Å². The second kappa shape index (κ2) is 7.71. The van der Waals surface area contributed by atoms with E-state index in [2.05, 4.69) is 22.9 Å². The lowest BCUT2D eigenvalue weighted by atomic mass is 9.68. The first-order valence-corrected chi connectivity index (χ1v) is 9.20. The number of unbranched alkanes of at least 4 members (excludes halogenated alkanes) is 1. The number of rotatable bonds is 6. The zero-order valence-electron chi connectivity index (χ0n) is 12.8. The smallest absolute Gasteiger partial charge is 0.129 e. The van der Waals surface area contributed by atoms with Crippen molar-refractivity contribution in [3.8, 4) is 0 Å². The van der Waals surface area contributed by atoms with E-state index in [1.165, 1.54) is 38.2 Å². The minimum absolute atomic E-state index is 0.140. The summed E-state index contributed by atoms with van der Waals surface area (Å²) in [6.45, 7) is 2.24. The summed E-state index contributed by atoms with van der Waals surface area (Å²) >= 11 is 3.64. The largest absolute Gasteiger partial charge is 0.207 e. The molecule has 0 spiro atoms. The quantitative estimate of drug-likeness (QED) is 0.525. The Hall–Kier alpha value is -0.440. The highest BCUT2D eigenvalue weighted by Crippen LogP contribution is 2.44.